The van der Waals surface area contributed by atoms with Gasteiger partial charge in [-0.2, -0.15) is 0 Å². The third-order valence-corrected chi connectivity index (χ3v) is 2.89. The first kappa shape index (κ1) is 10.4. The zero-order valence-electron chi connectivity index (χ0n) is 9.66. The van der Waals surface area contributed by atoms with Crippen molar-refractivity contribution in [3.8, 4) is 0 Å². The van der Waals surface area contributed by atoms with E-state index in [0.29, 0.717) is 5.78 Å². The Hall–Kier alpha value is -1.15. The Labute approximate surface area is 91.1 Å². The minimum Gasteiger partial charge on any atom is -0.330 e. The lowest BCUT2D eigenvalue weighted by Gasteiger charge is -2.26. The Bertz CT molecular complexity index is 390. The average Bonchev–Trinajstić information content (AvgIpc) is 2.42. The standard InChI is InChI=1S/C13H18NO/c1-14(2,3)9-11-8-10-6-4-5-7-12(10)13(11)15/h4-7,11H,8-9H2,1-3H3/q+1/t11-/m1/s1. The molecule has 0 bridgehead atoms. The van der Waals surface area contributed by atoms with Crippen LogP contribution in [0.3, 0.4) is 0 Å². The molecule has 0 spiro atoms. The van der Waals surface area contributed by atoms with Gasteiger partial charge in [-0.3, -0.25) is 4.79 Å². The van der Waals surface area contributed by atoms with Gasteiger partial charge in [0.05, 0.1) is 33.6 Å². The molecule has 15 heavy (non-hydrogen) atoms. The number of benzene rings is 1. The predicted molar refractivity (Wildman–Crippen MR) is 60.9 cm³/mol. The van der Waals surface area contributed by atoms with Crippen molar-refractivity contribution in [2.75, 3.05) is 27.7 Å². The van der Waals surface area contributed by atoms with Crippen LogP contribution >= 0.6 is 0 Å². The topological polar surface area (TPSA) is 17.1 Å². The van der Waals surface area contributed by atoms with Gasteiger partial charge in [-0.05, 0) is 12.0 Å². The molecular formula is C13H18NO+. The van der Waals surface area contributed by atoms with Gasteiger partial charge in [0, 0.05) is 5.56 Å². The average molecular weight is 204 g/mol. The van der Waals surface area contributed by atoms with Crippen LogP contribution in [0.15, 0.2) is 24.3 Å². The van der Waals surface area contributed by atoms with Crippen molar-refractivity contribution in [2.24, 2.45) is 5.92 Å². The number of hydrogen-bond acceptors (Lipinski definition) is 1. The van der Waals surface area contributed by atoms with E-state index in [1.165, 1.54) is 5.56 Å². The second-order valence-electron chi connectivity index (χ2n) is 5.40. The van der Waals surface area contributed by atoms with Crippen molar-refractivity contribution < 1.29 is 9.28 Å². The Morgan fingerprint density at radius 2 is 1.93 bits per heavy atom. The molecule has 2 nitrogen and oxygen atoms in total. The van der Waals surface area contributed by atoms with E-state index in [1.807, 2.05) is 18.2 Å². The van der Waals surface area contributed by atoms with Crippen LogP contribution in [-0.2, 0) is 6.42 Å². The molecule has 0 saturated heterocycles. The number of hydrogen-bond donors (Lipinski definition) is 0. The van der Waals surface area contributed by atoms with E-state index in [4.69, 9.17) is 0 Å². The van der Waals surface area contributed by atoms with E-state index < -0.39 is 0 Å². The molecule has 1 aromatic carbocycles. The van der Waals surface area contributed by atoms with Crippen LogP contribution in [0.4, 0.5) is 0 Å². The van der Waals surface area contributed by atoms with E-state index in [0.717, 1.165) is 23.0 Å². The Morgan fingerprint density at radius 3 is 2.53 bits per heavy atom. The summed E-state index contributed by atoms with van der Waals surface area (Å²) in [6.07, 6.45) is 0.921. The second-order valence-corrected chi connectivity index (χ2v) is 5.40. The zero-order chi connectivity index (χ0) is 11.1. The van der Waals surface area contributed by atoms with Crippen molar-refractivity contribution in [3.05, 3.63) is 35.4 Å². The molecule has 0 saturated carbocycles. The molecule has 0 unspecified atom stereocenters. The highest BCUT2D eigenvalue weighted by atomic mass is 16.1. The zero-order valence-corrected chi connectivity index (χ0v) is 9.66. The Balaban J connectivity index is 2.21. The SMILES string of the molecule is C[N+](C)(C)C[C@H]1Cc2ccccc2C1=O. The summed E-state index contributed by atoms with van der Waals surface area (Å²) < 4.78 is 0.852. The quantitative estimate of drug-likeness (QED) is 0.671. The summed E-state index contributed by atoms with van der Waals surface area (Å²) in [5.74, 6) is 0.515. The lowest BCUT2D eigenvalue weighted by molar-refractivity contribution is -0.872. The van der Waals surface area contributed by atoms with Crippen LogP contribution < -0.4 is 0 Å². The fourth-order valence-corrected chi connectivity index (χ4v) is 2.33. The summed E-state index contributed by atoms with van der Waals surface area (Å²) in [7, 11) is 6.41. The minimum absolute atomic E-state index is 0.183. The van der Waals surface area contributed by atoms with Gasteiger partial charge in [0.1, 0.15) is 0 Å². The molecule has 1 aliphatic rings. The van der Waals surface area contributed by atoms with Gasteiger partial charge >= 0.3 is 0 Å². The van der Waals surface area contributed by atoms with E-state index in [2.05, 4.69) is 27.2 Å². The molecule has 0 amide bonds. The van der Waals surface area contributed by atoms with Gasteiger partial charge in [0.25, 0.3) is 0 Å². The third-order valence-electron chi connectivity index (χ3n) is 2.89. The van der Waals surface area contributed by atoms with Gasteiger partial charge in [0.2, 0.25) is 0 Å². The maximum absolute atomic E-state index is 12.1. The highest BCUT2D eigenvalue weighted by Gasteiger charge is 2.33. The van der Waals surface area contributed by atoms with Crippen LogP contribution in [0, 0.1) is 5.92 Å². The van der Waals surface area contributed by atoms with Crippen molar-refractivity contribution in [1.29, 1.82) is 0 Å². The normalized spacial score (nSPS) is 20.5. The third kappa shape index (κ3) is 2.10. The van der Waals surface area contributed by atoms with Crippen molar-refractivity contribution in [1.82, 2.24) is 0 Å². The molecule has 0 N–H and O–H groups in total. The fourth-order valence-electron chi connectivity index (χ4n) is 2.33. The summed E-state index contributed by atoms with van der Waals surface area (Å²) in [4.78, 5) is 12.1. The molecule has 0 aromatic heterocycles. The molecule has 80 valence electrons. The van der Waals surface area contributed by atoms with E-state index in [9.17, 15) is 4.79 Å². The van der Waals surface area contributed by atoms with Crippen molar-refractivity contribution >= 4 is 5.78 Å². The van der Waals surface area contributed by atoms with Crippen LogP contribution in [0.2, 0.25) is 0 Å². The first-order chi connectivity index (χ1) is 6.97. The van der Waals surface area contributed by atoms with E-state index in [-0.39, 0.29) is 5.92 Å². The van der Waals surface area contributed by atoms with Gasteiger partial charge in [-0.15, -0.1) is 0 Å². The number of carbonyl (C=O) groups excluding carboxylic acids is 1. The predicted octanol–water partition coefficient (Wildman–Crippen LogP) is 1.75. The molecule has 1 aromatic rings. The van der Waals surface area contributed by atoms with Crippen LogP contribution in [0.5, 0.6) is 0 Å². The number of carbonyl (C=O) groups is 1. The number of quaternary nitrogens is 1. The first-order valence-electron chi connectivity index (χ1n) is 5.40. The monoisotopic (exact) mass is 204 g/mol. The van der Waals surface area contributed by atoms with Gasteiger partial charge < -0.3 is 4.48 Å². The number of Topliss-reactive ketones (excluding diaryl/α,β-unsaturated/α-hetero) is 1. The number of fused-ring (bicyclic) bond motifs is 1. The Morgan fingerprint density at radius 1 is 1.27 bits per heavy atom. The molecule has 2 heteroatoms. The summed E-state index contributed by atoms with van der Waals surface area (Å²) >= 11 is 0. The highest BCUT2D eigenvalue weighted by molar-refractivity contribution is 6.02. The summed E-state index contributed by atoms with van der Waals surface area (Å²) in [6.45, 7) is 0.924. The van der Waals surface area contributed by atoms with E-state index in [1.54, 1.807) is 0 Å². The molecule has 2 rings (SSSR count). The molecule has 0 heterocycles. The second kappa shape index (κ2) is 3.46. The van der Waals surface area contributed by atoms with Crippen LogP contribution in [-0.4, -0.2) is 38.0 Å². The number of nitrogens with zero attached hydrogens (tertiary/aromatic N) is 1. The van der Waals surface area contributed by atoms with Gasteiger partial charge in [-0.1, -0.05) is 24.3 Å². The molecule has 0 aliphatic heterocycles. The lowest BCUT2D eigenvalue weighted by Crippen LogP contribution is -2.40. The maximum Gasteiger partial charge on any atom is 0.172 e. The molecule has 0 fully saturated rings. The Kier molecular flexibility index (Phi) is 2.39. The first-order valence-corrected chi connectivity index (χ1v) is 5.40. The summed E-state index contributed by atoms with van der Waals surface area (Å²) in [5.41, 5.74) is 2.16. The van der Waals surface area contributed by atoms with Gasteiger partial charge in [-0.25, -0.2) is 0 Å². The lowest BCUT2D eigenvalue weighted by atomic mass is 10.0. The van der Waals surface area contributed by atoms with Crippen LogP contribution in [0.25, 0.3) is 0 Å². The highest BCUT2D eigenvalue weighted by Crippen LogP contribution is 2.27. The molecule has 0 radical (unpaired) electrons. The van der Waals surface area contributed by atoms with Crippen molar-refractivity contribution in [2.45, 2.75) is 6.42 Å². The summed E-state index contributed by atoms with van der Waals surface area (Å²) in [6, 6.07) is 7.99. The largest absolute Gasteiger partial charge is 0.330 e. The van der Waals surface area contributed by atoms with Crippen molar-refractivity contribution in [3.63, 3.8) is 0 Å². The smallest absolute Gasteiger partial charge is 0.172 e. The molecular weight excluding hydrogens is 186 g/mol. The maximum atomic E-state index is 12.1. The molecule has 1 aliphatic carbocycles. The minimum atomic E-state index is 0.183. The number of ketones is 1. The fraction of sp³-hybridized carbons (Fsp3) is 0.462. The number of rotatable bonds is 2. The molecule has 1 atom stereocenters. The summed E-state index contributed by atoms with van der Waals surface area (Å²) in [5, 5.41) is 0. The van der Waals surface area contributed by atoms with Gasteiger partial charge in [0.15, 0.2) is 5.78 Å². The van der Waals surface area contributed by atoms with Crippen LogP contribution in [0.1, 0.15) is 15.9 Å². The van der Waals surface area contributed by atoms with E-state index >= 15 is 0 Å².